The van der Waals surface area contributed by atoms with Crippen LogP contribution in [0.4, 0.5) is 5.88 Å². The van der Waals surface area contributed by atoms with Gasteiger partial charge in [-0.3, -0.25) is 14.9 Å². The number of Topliss-reactive ketones (excluding diaryl/α,β-unsaturated/α-hetero) is 1. The Hall–Kier alpha value is -2.96. The first-order chi connectivity index (χ1) is 12.2. The number of hydrogen-bond donors (Lipinski definition) is 0. The van der Waals surface area contributed by atoms with Crippen molar-refractivity contribution in [2.45, 2.75) is 39.5 Å². The molecule has 0 fully saturated rings. The number of nitro groups is 1. The Bertz CT molecular complexity index is 834. The normalized spacial score (nSPS) is 11.0. The van der Waals surface area contributed by atoms with Gasteiger partial charge in [0.2, 0.25) is 11.5 Å². The van der Waals surface area contributed by atoms with Crippen molar-refractivity contribution in [3.63, 3.8) is 0 Å². The van der Waals surface area contributed by atoms with Crippen LogP contribution in [0.5, 0.6) is 0 Å². The summed E-state index contributed by atoms with van der Waals surface area (Å²) in [5.41, 5.74) is 2.53. The zero-order valence-corrected chi connectivity index (χ0v) is 15.1. The molecule has 0 bridgehead atoms. The van der Waals surface area contributed by atoms with Gasteiger partial charge in [-0.15, -0.1) is 0 Å². The van der Waals surface area contributed by atoms with E-state index >= 15 is 0 Å². The summed E-state index contributed by atoms with van der Waals surface area (Å²) in [6.45, 7) is 7.67. The number of ether oxygens (including phenoxy) is 1. The molecule has 0 saturated heterocycles. The lowest BCUT2D eigenvalue weighted by atomic mass is 9.90. The summed E-state index contributed by atoms with van der Waals surface area (Å²) >= 11 is 0. The number of ketones is 1. The number of esters is 1. The fourth-order valence-corrected chi connectivity index (χ4v) is 2.49. The van der Waals surface area contributed by atoms with Crippen molar-refractivity contribution in [2.75, 3.05) is 6.61 Å². The highest BCUT2D eigenvalue weighted by molar-refractivity contribution is 6.00. The molecule has 0 aliphatic rings. The predicted molar refractivity (Wildman–Crippen MR) is 94.6 cm³/mol. The number of rotatable bonds is 7. The van der Waals surface area contributed by atoms with Crippen molar-refractivity contribution in [1.29, 1.82) is 0 Å². The monoisotopic (exact) mass is 359 g/mol. The van der Waals surface area contributed by atoms with Crippen LogP contribution in [0.1, 0.15) is 71.6 Å². The maximum absolute atomic E-state index is 12.5. The molecule has 0 radical (unpaired) electrons. The molecular formula is C19H21NO6. The summed E-state index contributed by atoms with van der Waals surface area (Å²) < 4.78 is 9.71. The molecule has 0 saturated carbocycles. The van der Waals surface area contributed by atoms with Crippen LogP contribution in [0.3, 0.4) is 0 Å². The first-order valence-electron chi connectivity index (χ1n) is 8.29. The smallest absolute Gasteiger partial charge is 0.433 e. The molecule has 0 spiro atoms. The second-order valence-corrected chi connectivity index (χ2v) is 6.55. The number of carbonyl (C=O) groups is 2. The number of hydrogen-bond acceptors (Lipinski definition) is 6. The summed E-state index contributed by atoms with van der Waals surface area (Å²) in [6, 6.07) is 7.84. The zero-order chi connectivity index (χ0) is 19.4. The van der Waals surface area contributed by atoms with E-state index in [1.807, 2.05) is 26.0 Å². The molecule has 0 aliphatic heterocycles. The first-order valence-corrected chi connectivity index (χ1v) is 8.29. The first kappa shape index (κ1) is 19.4. The molecule has 0 aliphatic carbocycles. The Morgan fingerprint density at radius 3 is 2.35 bits per heavy atom. The van der Waals surface area contributed by atoms with Gasteiger partial charge in [0.1, 0.15) is 4.92 Å². The van der Waals surface area contributed by atoms with E-state index in [1.165, 1.54) is 0 Å². The molecule has 1 heterocycles. The van der Waals surface area contributed by atoms with E-state index in [9.17, 15) is 19.7 Å². The highest BCUT2D eigenvalue weighted by Crippen LogP contribution is 2.25. The molecule has 0 atom stereocenters. The van der Waals surface area contributed by atoms with E-state index in [2.05, 4.69) is 13.8 Å². The highest BCUT2D eigenvalue weighted by atomic mass is 16.7. The molecule has 7 nitrogen and oxygen atoms in total. The van der Waals surface area contributed by atoms with E-state index in [4.69, 9.17) is 9.15 Å². The molecular weight excluding hydrogens is 338 g/mol. The third-order valence-electron chi connectivity index (χ3n) is 3.97. The standard InChI is InChI=1S/C19H21NO6/c1-11(2)13-5-6-14(15(9-13)12(3)4)16(21)10-25-19(22)17-7-8-18(26-17)20(23)24/h5-9,11-12H,10H2,1-4H3. The second kappa shape index (κ2) is 7.95. The minimum atomic E-state index is -0.920. The SMILES string of the molecule is CC(C)c1ccc(C(=O)COC(=O)c2ccc([N+](=O)[O-])o2)c(C(C)C)c1. The van der Waals surface area contributed by atoms with Crippen LogP contribution < -0.4 is 0 Å². The quantitative estimate of drug-likeness (QED) is 0.313. The van der Waals surface area contributed by atoms with Crippen molar-refractivity contribution >= 4 is 17.6 Å². The Balaban J connectivity index is 2.11. The second-order valence-electron chi connectivity index (χ2n) is 6.55. The number of benzene rings is 1. The third-order valence-corrected chi connectivity index (χ3v) is 3.97. The Kier molecular flexibility index (Phi) is 5.92. The van der Waals surface area contributed by atoms with Gasteiger partial charge in [0.25, 0.3) is 0 Å². The molecule has 138 valence electrons. The predicted octanol–water partition coefficient (Wildman–Crippen LogP) is 4.47. The molecule has 2 rings (SSSR count). The van der Waals surface area contributed by atoms with Gasteiger partial charge in [-0.25, -0.2) is 4.79 Å². The lowest BCUT2D eigenvalue weighted by molar-refractivity contribution is -0.402. The molecule has 1 aromatic carbocycles. The maximum atomic E-state index is 12.5. The zero-order valence-electron chi connectivity index (χ0n) is 15.1. The van der Waals surface area contributed by atoms with Gasteiger partial charge in [0.15, 0.2) is 6.61 Å². The Morgan fingerprint density at radius 1 is 1.12 bits per heavy atom. The minimum Gasteiger partial charge on any atom is -0.451 e. The average Bonchev–Trinajstić information content (AvgIpc) is 3.09. The van der Waals surface area contributed by atoms with Gasteiger partial charge in [0.05, 0.1) is 6.07 Å². The molecule has 0 unspecified atom stereocenters. The lowest BCUT2D eigenvalue weighted by Crippen LogP contribution is -2.16. The van der Waals surface area contributed by atoms with Crippen LogP contribution >= 0.6 is 0 Å². The summed E-state index contributed by atoms with van der Waals surface area (Å²) in [6.07, 6.45) is 0. The maximum Gasteiger partial charge on any atom is 0.433 e. The van der Waals surface area contributed by atoms with Crippen LogP contribution in [-0.4, -0.2) is 23.3 Å². The number of carbonyl (C=O) groups excluding carboxylic acids is 2. The fraction of sp³-hybridized carbons (Fsp3) is 0.368. The fourth-order valence-electron chi connectivity index (χ4n) is 2.49. The summed E-state index contributed by atoms with van der Waals surface area (Å²) in [5, 5.41) is 10.6. The van der Waals surface area contributed by atoms with Gasteiger partial charge in [0, 0.05) is 5.56 Å². The van der Waals surface area contributed by atoms with E-state index in [1.54, 1.807) is 6.07 Å². The van der Waals surface area contributed by atoms with Crippen LogP contribution in [-0.2, 0) is 4.74 Å². The molecule has 1 aromatic heterocycles. The van der Waals surface area contributed by atoms with Crippen LogP contribution in [0.2, 0.25) is 0 Å². The van der Waals surface area contributed by atoms with Crippen molar-refractivity contribution in [3.05, 3.63) is 62.9 Å². The largest absolute Gasteiger partial charge is 0.451 e. The molecule has 7 heteroatoms. The lowest BCUT2D eigenvalue weighted by Gasteiger charge is -2.15. The Morgan fingerprint density at radius 2 is 1.81 bits per heavy atom. The van der Waals surface area contributed by atoms with Crippen molar-refractivity contribution < 1.29 is 23.7 Å². The highest BCUT2D eigenvalue weighted by Gasteiger charge is 2.21. The van der Waals surface area contributed by atoms with E-state index in [-0.39, 0.29) is 17.5 Å². The van der Waals surface area contributed by atoms with Gasteiger partial charge >= 0.3 is 11.9 Å². The van der Waals surface area contributed by atoms with Gasteiger partial charge < -0.3 is 9.15 Å². The van der Waals surface area contributed by atoms with Crippen molar-refractivity contribution in [2.24, 2.45) is 0 Å². The molecule has 0 amide bonds. The third kappa shape index (κ3) is 4.36. The topological polar surface area (TPSA) is 99.7 Å². The van der Waals surface area contributed by atoms with Gasteiger partial charge in [-0.05, 0) is 29.0 Å². The summed E-state index contributed by atoms with van der Waals surface area (Å²) in [7, 11) is 0. The van der Waals surface area contributed by atoms with Crippen LogP contribution in [0.25, 0.3) is 0 Å². The van der Waals surface area contributed by atoms with Crippen molar-refractivity contribution in [1.82, 2.24) is 0 Å². The van der Waals surface area contributed by atoms with Crippen LogP contribution in [0.15, 0.2) is 34.7 Å². The molecule has 0 N–H and O–H groups in total. The van der Waals surface area contributed by atoms with Gasteiger partial charge in [-0.1, -0.05) is 45.9 Å². The van der Waals surface area contributed by atoms with Crippen molar-refractivity contribution in [3.8, 4) is 0 Å². The Labute approximate surface area is 151 Å². The number of nitrogens with zero attached hydrogens (tertiary/aromatic N) is 1. The number of furan rings is 1. The van der Waals surface area contributed by atoms with E-state index in [0.717, 1.165) is 23.3 Å². The summed E-state index contributed by atoms with van der Waals surface area (Å²) in [5.74, 6) is -1.66. The van der Waals surface area contributed by atoms with E-state index < -0.39 is 23.4 Å². The summed E-state index contributed by atoms with van der Waals surface area (Å²) in [4.78, 5) is 34.2. The molecule has 2 aromatic rings. The van der Waals surface area contributed by atoms with E-state index in [0.29, 0.717) is 11.5 Å². The van der Waals surface area contributed by atoms with Gasteiger partial charge in [-0.2, -0.15) is 0 Å². The molecule has 26 heavy (non-hydrogen) atoms. The van der Waals surface area contributed by atoms with Crippen LogP contribution in [0, 0.1) is 10.1 Å². The minimum absolute atomic E-state index is 0.135. The average molecular weight is 359 g/mol.